The number of aromatic nitrogens is 4. The van der Waals surface area contributed by atoms with Gasteiger partial charge in [-0.2, -0.15) is 18.3 Å². The van der Waals surface area contributed by atoms with E-state index >= 15 is 0 Å². The van der Waals surface area contributed by atoms with Crippen molar-refractivity contribution < 1.29 is 18.0 Å². The maximum atomic E-state index is 13.6. The number of carbonyl (C=O) groups excluding carboxylic acids is 1. The topological polar surface area (TPSA) is 63.4 Å². The fraction of sp³-hybridized carbons (Fsp3) is 0.474. The fourth-order valence-corrected chi connectivity index (χ4v) is 4.38. The van der Waals surface area contributed by atoms with Gasteiger partial charge in [0.05, 0.1) is 22.9 Å². The Morgan fingerprint density at radius 1 is 1.31 bits per heavy atom. The average molecular weight is 423 g/mol. The molecule has 1 atom stereocenters. The summed E-state index contributed by atoms with van der Waals surface area (Å²) < 4.78 is 41.7. The van der Waals surface area contributed by atoms with Crippen molar-refractivity contribution in [3.63, 3.8) is 0 Å². The molecular formula is C19H20F3N5OS. The summed E-state index contributed by atoms with van der Waals surface area (Å²) in [6.45, 7) is 5.90. The third-order valence-electron chi connectivity index (χ3n) is 5.14. The highest BCUT2D eigenvalue weighted by Gasteiger charge is 2.37. The number of aryl methyl sites for hydroxylation is 1. The van der Waals surface area contributed by atoms with Gasteiger partial charge in [-0.05, 0) is 31.7 Å². The van der Waals surface area contributed by atoms with Gasteiger partial charge < -0.3 is 4.90 Å². The van der Waals surface area contributed by atoms with Gasteiger partial charge in [0.1, 0.15) is 10.6 Å². The van der Waals surface area contributed by atoms with Gasteiger partial charge in [-0.1, -0.05) is 13.8 Å². The molecule has 0 radical (unpaired) electrons. The van der Waals surface area contributed by atoms with Crippen LogP contribution in [-0.4, -0.2) is 36.9 Å². The minimum absolute atomic E-state index is 0.145. The van der Waals surface area contributed by atoms with Crippen molar-refractivity contribution in [3.8, 4) is 0 Å². The number of hydrogen-bond acceptors (Lipinski definition) is 5. The van der Waals surface area contributed by atoms with Gasteiger partial charge in [-0.15, -0.1) is 11.3 Å². The summed E-state index contributed by atoms with van der Waals surface area (Å²) in [6, 6.07) is 2.23. The van der Waals surface area contributed by atoms with Gasteiger partial charge in [-0.25, -0.2) is 14.5 Å². The highest BCUT2D eigenvalue weighted by atomic mass is 32.1. The number of thiazole rings is 1. The summed E-state index contributed by atoms with van der Waals surface area (Å²) in [5, 5.41) is 4.23. The summed E-state index contributed by atoms with van der Waals surface area (Å²) in [5.74, 6) is -0.310. The van der Waals surface area contributed by atoms with Gasteiger partial charge >= 0.3 is 6.18 Å². The van der Waals surface area contributed by atoms with Crippen LogP contribution in [0.25, 0.3) is 5.65 Å². The first-order valence-corrected chi connectivity index (χ1v) is 10.2. The van der Waals surface area contributed by atoms with Crippen LogP contribution in [-0.2, 0) is 6.18 Å². The zero-order valence-electron chi connectivity index (χ0n) is 16.2. The summed E-state index contributed by atoms with van der Waals surface area (Å²) in [7, 11) is 0. The predicted molar refractivity (Wildman–Crippen MR) is 102 cm³/mol. The summed E-state index contributed by atoms with van der Waals surface area (Å²) in [6.07, 6.45) is -3.15. The number of rotatable bonds is 3. The van der Waals surface area contributed by atoms with Crippen LogP contribution in [0.5, 0.6) is 0 Å². The van der Waals surface area contributed by atoms with Crippen LogP contribution in [0, 0.1) is 6.92 Å². The second-order valence-electron chi connectivity index (χ2n) is 7.48. The van der Waals surface area contributed by atoms with Crippen LogP contribution in [0.1, 0.15) is 71.1 Å². The molecule has 4 rings (SSSR count). The molecule has 1 amide bonds. The van der Waals surface area contributed by atoms with Crippen LogP contribution in [0.2, 0.25) is 0 Å². The fourth-order valence-electron chi connectivity index (χ4n) is 3.63. The first-order chi connectivity index (χ1) is 13.7. The molecular weight excluding hydrogens is 403 g/mol. The molecule has 0 aliphatic carbocycles. The molecule has 0 saturated carbocycles. The Kier molecular flexibility index (Phi) is 4.84. The van der Waals surface area contributed by atoms with Crippen molar-refractivity contribution in [1.82, 2.24) is 24.5 Å². The van der Waals surface area contributed by atoms with Crippen LogP contribution in [0.3, 0.4) is 0 Å². The first kappa shape index (κ1) is 19.8. The minimum atomic E-state index is -4.56. The third kappa shape index (κ3) is 3.50. The standard InChI is InChI=1S/C19H20F3N5OS/c1-10(2)12-7-15(19(20,21)22)27-16(24-12)8-13(25-27)14-5-4-6-26(14)18(28)17-11(3)23-9-29-17/h7-10,14H,4-6H2,1-3H3/t14-/m1/s1. The van der Waals surface area contributed by atoms with Gasteiger partial charge in [0.2, 0.25) is 0 Å². The summed E-state index contributed by atoms with van der Waals surface area (Å²) in [4.78, 5) is 23.7. The molecule has 4 heterocycles. The molecule has 1 aliphatic heterocycles. The van der Waals surface area contributed by atoms with Crippen LogP contribution in [0.15, 0.2) is 17.6 Å². The molecule has 0 unspecified atom stereocenters. The molecule has 154 valence electrons. The smallest absolute Gasteiger partial charge is 0.329 e. The maximum absolute atomic E-state index is 13.6. The van der Waals surface area contributed by atoms with Crippen molar-refractivity contribution in [3.05, 3.63) is 45.3 Å². The van der Waals surface area contributed by atoms with Crippen molar-refractivity contribution in [2.45, 2.75) is 51.7 Å². The maximum Gasteiger partial charge on any atom is 0.433 e. The van der Waals surface area contributed by atoms with Gasteiger partial charge in [0.15, 0.2) is 5.65 Å². The highest BCUT2D eigenvalue weighted by Crippen LogP contribution is 2.36. The zero-order chi connectivity index (χ0) is 20.9. The second kappa shape index (κ2) is 7.08. The number of hydrogen-bond donors (Lipinski definition) is 0. The molecule has 0 bridgehead atoms. The highest BCUT2D eigenvalue weighted by molar-refractivity contribution is 7.11. The van der Waals surface area contributed by atoms with E-state index in [2.05, 4.69) is 15.1 Å². The van der Waals surface area contributed by atoms with E-state index in [0.717, 1.165) is 17.0 Å². The lowest BCUT2D eigenvalue weighted by Crippen LogP contribution is -2.30. The molecule has 10 heteroatoms. The van der Waals surface area contributed by atoms with Crippen molar-refractivity contribution >= 4 is 22.9 Å². The normalized spacial score (nSPS) is 17.6. The molecule has 3 aromatic heterocycles. The van der Waals surface area contributed by atoms with Gasteiger partial charge in [0, 0.05) is 18.3 Å². The first-order valence-electron chi connectivity index (χ1n) is 9.35. The van der Waals surface area contributed by atoms with E-state index in [9.17, 15) is 18.0 Å². The quantitative estimate of drug-likeness (QED) is 0.617. The molecule has 1 aliphatic rings. The Balaban J connectivity index is 1.77. The number of nitrogens with zero attached hydrogens (tertiary/aromatic N) is 5. The Labute approximate surface area is 169 Å². The lowest BCUT2D eigenvalue weighted by Gasteiger charge is -2.22. The molecule has 0 spiro atoms. The Hall–Kier alpha value is -2.49. The van der Waals surface area contributed by atoms with E-state index in [-0.39, 0.29) is 23.5 Å². The second-order valence-corrected chi connectivity index (χ2v) is 8.34. The largest absolute Gasteiger partial charge is 0.433 e. The predicted octanol–water partition coefficient (Wildman–Crippen LogP) is 4.61. The van der Waals surface area contributed by atoms with E-state index in [4.69, 9.17) is 0 Å². The lowest BCUT2D eigenvalue weighted by molar-refractivity contribution is -0.142. The Morgan fingerprint density at radius 3 is 2.69 bits per heavy atom. The van der Waals surface area contributed by atoms with E-state index in [1.54, 1.807) is 37.2 Å². The minimum Gasteiger partial charge on any atom is -0.329 e. The molecule has 29 heavy (non-hydrogen) atoms. The number of fused-ring (bicyclic) bond motifs is 1. The molecule has 0 aromatic carbocycles. The van der Waals surface area contributed by atoms with Crippen LogP contribution >= 0.6 is 11.3 Å². The number of likely N-dealkylation sites (tertiary alicyclic amines) is 1. The molecule has 1 fully saturated rings. The molecule has 6 nitrogen and oxygen atoms in total. The van der Waals surface area contributed by atoms with Gasteiger partial charge in [-0.3, -0.25) is 4.79 Å². The molecule has 0 N–H and O–H groups in total. The number of alkyl halides is 3. The summed E-state index contributed by atoms with van der Waals surface area (Å²) >= 11 is 1.27. The Morgan fingerprint density at radius 2 is 2.07 bits per heavy atom. The van der Waals surface area contributed by atoms with Crippen molar-refractivity contribution in [1.29, 1.82) is 0 Å². The van der Waals surface area contributed by atoms with Crippen molar-refractivity contribution in [2.75, 3.05) is 6.54 Å². The number of amides is 1. The average Bonchev–Trinajstić information content (AvgIpc) is 3.37. The lowest BCUT2D eigenvalue weighted by atomic mass is 10.1. The number of carbonyl (C=O) groups is 1. The van der Waals surface area contributed by atoms with E-state index < -0.39 is 11.9 Å². The van der Waals surface area contributed by atoms with Crippen LogP contribution in [0.4, 0.5) is 13.2 Å². The molecule has 1 saturated heterocycles. The number of halogens is 3. The molecule has 3 aromatic rings. The third-order valence-corrected chi connectivity index (χ3v) is 6.06. The SMILES string of the molecule is Cc1ncsc1C(=O)N1CCC[C@@H]1c1cc2nc(C(C)C)cc(C(F)(F)F)n2n1. The van der Waals surface area contributed by atoms with Gasteiger partial charge in [0.25, 0.3) is 5.91 Å². The van der Waals surface area contributed by atoms with E-state index in [0.29, 0.717) is 34.9 Å². The van der Waals surface area contributed by atoms with E-state index in [1.807, 2.05) is 0 Å². The van der Waals surface area contributed by atoms with Crippen molar-refractivity contribution in [2.24, 2.45) is 0 Å². The summed E-state index contributed by atoms with van der Waals surface area (Å²) in [5.41, 5.74) is 2.35. The van der Waals surface area contributed by atoms with Crippen LogP contribution < -0.4 is 0 Å². The Bertz CT molecular complexity index is 1070. The monoisotopic (exact) mass is 423 g/mol. The van der Waals surface area contributed by atoms with E-state index in [1.165, 1.54) is 11.3 Å². The zero-order valence-corrected chi connectivity index (χ0v) is 17.0.